The first-order valence-corrected chi connectivity index (χ1v) is 9.24. The summed E-state index contributed by atoms with van der Waals surface area (Å²) >= 11 is 0. The molecule has 0 saturated heterocycles. The smallest absolute Gasteiger partial charge is 0.407 e. The molecule has 0 heterocycles. The van der Waals surface area contributed by atoms with Crippen molar-refractivity contribution in [2.45, 2.75) is 44.6 Å². The fraction of sp³-hybridized carbons (Fsp3) is 0.778. The molecule has 0 bridgehead atoms. The average molecular weight is 373 g/mol. The molecule has 26 heavy (non-hydrogen) atoms. The first-order chi connectivity index (χ1) is 12.7. The molecule has 0 aromatic heterocycles. The van der Waals surface area contributed by atoms with Gasteiger partial charge in [0, 0.05) is 6.54 Å². The van der Waals surface area contributed by atoms with E-state index >= 15 is 0 Å². The summed E-state index contributed by atoms with van der Waals surface area (Å²) in [6.07, 6.45) is 8.87. The molecule has 1 amide bonds. The number of carbonyl (C=O) groups excluding carboxylic acids is 1. The second-order valence-corrected chi connectivity index (χ2v) is 5.92. The van der Waals surface area contributed by atoms with Gasteiger partial charge in [-0.25, -0.2) is 4.79 Å². The predicted molar refractivity (Wildman–Crippen MR) is 95.2 cm³/mol. The Bertz CT molecular complexity index is 414. The van der Waals surface area contributed by atoms with Crippen LogP contribution in [0.15, 0.2) is 12.2 Å². The van der Waals surface area contributed by atoms with Crippen LogP contribution >= 0.6 is 0 Å². The fourth-order valence-electron chi connectivity index (χ4n) is 2.33. The van der Waals surface area contributed by atoms with Gasteiger partial charge in [-0.1, -0.05) is 12.5 Å². The molecule has 0 fully saturated rings. The third-order valence-electron chi connectivity index (χ3n) is 3.69. The Kier molecular flexibility index (Phi) is 13.4. The Morgan fingerprint density at radius 3 is 2.38 bits per heavy atom. The van der Waals surface area contributed by atoms with Crippen LogP contribution in [0.25, 0.3) is 0 Å². The predicted octanol–water partition coefficient (Wildman–Crippen LogP) is 2.13. The standard InChI is InChI=1S/C18H31NO7/c20-17(21)8-10-23-12-14-25-15-13-24-11-9-19-18(22)26-16-6-4-2-1-3-5-7-16/h4,6,16H,1-3,5,7-15H2,(H,19,22)(H,20,21)/b6-4-. The van der Waals surface area contributed by atoms with Crippen LogP contribution in [0, 0.1) is 0 Å². The molecule has 0 saturated carbocycles. The van der Waals surface area contributed by atoms with E-state index in [1.165, 1.54) is 12.8 Å². The minimum Gasteiger partial charge on any atom is -0.481 e. The molecule has 1 atom stereocenters. The van der Waals surface area contributed by atoms with Crippen molar-refractivity contribution < 1.29 is 33.6 Å². The summed E-state index contributed by atoms with van der Waals surface area (Å²) in [4.78, 5) is 22.0. The Labute approximate surface area is 154 Å². The van der Waals surface area contributed by atoms with Gasteiger partial charge in [0.1, 0.15) is 6.10 Å². The van der Waals surface area contributed by atoms with Crippen LogP contribution in [0.1, 0.15) is 38.5 Å². The van der Waals surface area contributed by atoms with Gasteiger partial charge in [-0.3, -0.25) is 4.79 Å². The number of ether oxygens (including phenoxy) is 4. The van der Waals surface area contributed by atoms with Crippen LogP contribution in [0.2, 0.25) is 0 Å². The van der Waals surface area contributed by atoms with E-state index in [0.717, 1.165) is 19.3 Å². The number of nitrogens with one attached hydrogen (secondary N) is 1. The number of carbonyl (C=O) groups is 2. The first-order valence-electron chi connectivity index (χ1n) is 9.24. The quantitative estimate of drug-likeness (QED) is 0.376. The lowest BCUT2D eigenvalue weighted by Crippen LogP contribution is -2.31. The van der Waals surface area contributed by atoms with Gasteiger partial charge >= 0.3 is 12.1 Å². The van der Waals surface area contributed by atoms with Gasteiger partial charge in [-0.05, 0) is 31.8 Å². The number of allylic oxidation sites excluding steroid dienone is 1. The Morgan fingerprint density at radius 1 is 0.962 bits per heavy atom. The number of hydrogen-bond donors (Lipinski definition) is 2. The molecule has 1 unspecified atom stereocenters. The summed E-state index contributed by atoms with van der Waals surface area (Å²) in [6, 6.07) is 0. The molecular weight excluding hydrogens is 342 g/mol. The zero-order valence-electron chi connectivity index (χ0n) is 15.3. The molecule has 1 aliphatic rings. The van der Waals surface area contributed by atoms with Crippen LogP contribution in [0.3, 0.4) is 0 Å². The van der Waals surface area contributed by atoms with Crippen molar-refractivity contribution in [1.82, 2.24) is 5.32 Å². The fourth-order valence-corrected chi connectivity index (χ4v) is 2.33. The van der Waals surface area contributed by atoms with Crippen molar-refractivity contribution in [2.75, 3.05) is 46.2 Å². The lowest BCUT2D eigenvalue weighted by Gasteiger charge is -2.16. The third kappa shape index (κ3) is 13.6. The molecule has 0 aromatic carbocycles. The van der Waals surface area contributed by atoms with E-state index in [9.17, 15) is 9.59 Å². The number of rotatable bonds is 13. The maximum absolute atomic E-state index is 11.7. The molecule has 0 aliphatic heterocycles. The van der Waals surface area contributed by atoms with Crippen molar-refractivity contribution in [3.05, 3.63) is 12.2 Å². The highest BCUT2D eigenvalue weighted by molar-refractivity contribution is 5.67. The second kappa shape index (κ2) is 15.6. The second-order valence-electron chi connectivity index (χ2n) is 5.92. The van der Waals surface area contributed by atoms with E-state index < -0.39 is 12.1 Å². The van der Waals surface area contributed by atoms with Crippen LogP contribution in [0.4, 0.5) is 4.79 Å². The molecule has 0 spiro atoms. The van der Waals surface area contributed by atoms with Crippen molar-refractivity contribution in [1.29, 1.82) is 0 Å². The molecule has 2 N–H and O–H groups in total. The molecule has 150 valence electrons. The monoisotopic (exact) mass is 373 g/mol. The molecule has 8 nitrogen and oxygen atoms in total. The summed E-state index contributed by atoms with van der Waals surface area (Å²) in [5.74, 6) is -0.877. The van der Waals surface area contributed by atoms with E-state index in [4.69, 9.17) is 24.1 Å². The number of hydrogen-bond acceptors (Lipinski definition) is 6. The molecule has 8 heteroatoms. The van der Waals surface area contributed by atoms with Gasteiger partial charge in [0.15, 0.2) is 0 Å². The van der Waals surface area contributed by atoms with Gasteiger partial charge in [0.05, 0.1) is 46.1 Å². The zero-order chi connectivity index (χ0) is 18.9. The largest absolute Gasteiger partial charge is 0.481 e. The number of amides is 1. The summed E-state index contributed by atoms with van der Waals surface area (Å²) in [5.41, 5.74) is 0. The maximum atomic E-state index is 11.7. The van der Waals surface area contributed by atoms with Crippen molar-refractivity contribution >= 4 is 12.1 Å². The zero-order valence-corrected chi connectivity index (χ0v) is 15.3. The van der Waals surface area contributed by atoms with Gasteiger partial charge in [0.2, 0.25) is 0 Å². The maximum Gasteiger partial charge on any atom is 0.407 e. The lowest BCUT2D eigenvalue weighted by molar-refractivity contribution is -0.138. The van der Waals surface area contributed by atoms with Crippen molar-refractivity contribution in [3.8, 4) is 0 Å². The molecule has 1 aliphatic carbocycles. The summed E-state index contributed by atoms with van der Waals surface area (Å²) in [5, 5.41) is 11.1. The third-order valence-corrected chi connectivity index (χ3v) is 3.69. The Morgan fingerprint density at radius 2 is 1.65 bits per heavy atom. The minimum absolute atomic E-state index is 0.00439. The molecule has 0 aromatic rings. The molecular formula is C18H31NO7. The van der Waals surface area contributed by atoms with E-state index in [2.05, 4.69) is 11.4 Å². The van der Waals surface area contributed by atoms with Crippen LogP contribution < -0.4 is 5.32 Å². The van der Waals surface area contributed by atoms with Crippen molar-refractivity contribution in [2.24, 2.45) is 0 Å². The minimum atomic E-state index is -0.877. The van der Waals surface area contributed by atoms with E-state index in [1.54, 1.807) is 0 Å². The topological polar surface area (TPSA) is 103 Å². The van der Waals surface area contributed by atoms with Crippen LogP contribution in [0.5, 0.6) is 0 Å². The molecule has 0 radical (unpaired) electrons. The highest BCUT2D eigenvalue weighted by atomic mass is 16.6. The highest BCUT2D eigenvalue weighted by Gasteiger charge is 2.12. The summed E-state index contributed by atoms with van der Waals surface area (Å²) in [7, 11) is 0. The normalized spacial score (nSPS) is 18.5. The van der Waals surface area contributed by atoms with Gasteiger partial charge in [-0.15, -0.1) is 0 Å². The van der Waals surface area contributed by atoms with Crippen LogP contribution in [-0.2, 0) is 23.7 Å². The number of aliphatic carboxylic acids is 1. The van der Waals surface area contributed by atoms with Gasteiger partial charge < -0.3 is 29.4 Å². The van der Waals surface area contributed by atoms with Crippen molar-refractivity contribution in [3.63, 3.8) is 0 Å². The van der Waals surface area contributed by atoms with E-state index in [-0.39, 0.29) is 19.1 Å². The SMILES string of the molecule is O=C(O)CCOCCOCCOCCNC(=O)OC1/C=C\CCCCC1. The lowest BCUT2D eigenvalue weighted by atomic mass is 10.0. The van der Waals surface area contributed by atoms with Gasteiger partial charge in [-0.2, -0.15) is 0 Å². The van der Waals surface area contributed by atoms with Gasteiger partial charge in [0.25, 0.3) is 0 Å². The Balaban J connectivity index is 1.87. The summed E-state index contributed by atoms with van der Waals surface area (Å²) < 4.78 is 21.1. The van der Waals surface area contributed by atoms with E-state index in [0.29, 0.717) is 39.6 Å². The molecule has 1 rings (SSSR count). The first kappa shape index (κ1) is 22.4. The number of carboxylic acid groups (broad SMARTS) is 1. The summed E-state index contributed by atoms with van der Waals surface area (Å²) in [6.45, 7) is 2.53. The number of alkyl carbamates (subject to hydrolysis) is 1. The van der Waals surface area contributed by atoms with Crippen LogP contribution in [-0.4, -0.2) is 69.5 Å². The number of carboxylic acids is 1. The van der Waals surface area contributed by atoms with E-state index in [1.807, 2.05) is 6.08 Å². The Hall–Kier alpha value is -1.64. The highest BCUT2D eigenvalue weighted by Crippen LogP contribution is 2.14. The average Bonchev–Trinajstić information content (AvgIpc) is 2.58.